The van der Waals surface area contributed by atoms with Gasteiger partial charge in [0.05, 0.1) is 10.4 Å². The van der Waals surface area contributed by atoms with Crippen LogP contribution in [0.15, 0.2) is 41.8 Å². The summed E-state index contributed by atoms with van der Waals surface area (Å²) in [6.07, 6.45) is 0.751. The van der Waals surface area contributed by atoms with Gasteiger partial charge in [-0.1, -0.05) is 18.2 Å². The number of hydrogen-bond acceptors (Lipinski definition) is 4. The lowest BCUT2D eigenvalue weighted by Crippen LogP contribution is -2.31. The Hall–Kier alpha value is -2.67. The van der Waals surface area contributed by atoms with Crippen LogP contribution in [0.3, 0.4) is 0 Å². The Labute approximate surface area is 143 Å². The van der Waals surface area contributed by atoms with Crippen LogP contribution >= 0.6 is 11.3 Å². The molecule has 0 aliphatic heterocycles. The molecule has 0 aliphatic rings. The number of aromatic carboxylic acids is 1. The zero-order chi connectivity index (χ0) is 17.4. The largest absolute Gasteiger partial charge is 0.478 e. The molecule has 0 aliphatic carbocycles. The van der Waals surface area contributed by atoms with Crippen LogP contribution < -0.4 is 10.6 Å². The highest BCUT2D eigenvalue weighted by Crippen LogP contribution is 2.07. The standard InChI is InChI=1S/C17H18N2O4S/c20-15(7-9-19-16(21)14-5-2-10-24-14)18-8-6-12-3-1-4-13(11-12)17(22)23/h1-5,10-11H,6-9H2,(H,18,20)(H,19,21)(H,22,23). The second kappa shape index (κ2) is 8.83. The molecule has 0 atom stereocenters. The van der Waals surface area contributed by atoms with Crippen molar-refractivity contribution in [3.05, 3.63) is 57.8 Å². The second-order valence-corrected chi connectivity index (χ2v) is 6.04. The van der Waals surface area contributed by atoms with Gasteiger partial charge in [-0.25, -0.2) is 4.79 Å². The van der Waals surface area contributed by atoms with Crippen LogP contribution in [0.4, 0.5) is 0 Å². The van der Waals surface area contributed by atoms with E-state index >= 15 is 0 Å². The van der Waals surface area contributed by atoms with Gasteiger partial charge in [0.2, 0.25) is 5.91 Å². The Morgan fingerprint density at radius 1 is 1.04 bits per heavy atom. The average molecular weight is 346 g/mol. The maximum Gasteiger partial charge on any atom is 0.335 e. The fourth-order valence-electron chi connectivity index (χ4n) is 2.08. The van der Waals surface area contributed by atoms with Crippen LogP contribution in [0.2, 0.25) is 0 Å². The molecule has 0 saturated carbocycles. The highest BCUT2D eigenvalue weighted by molar-refractivity contribution is 7.12. The van der Waals surface area contributed by atoms with Crippen LogP contribution in [0.5, 0.6) is 0 Å². The molecule has 0 unspecified atom stereocenters. The van der Waals surface area contributed by atoms with Crippen molar-refractivity contribution in [1.82, 2.24) is 10.6 Å². The molecule has 0 saturated heterocycles. The minimum atomic E-state index is -0.970. The first-order chi connectivity index (χ1) is 11.6. The van der Waals surface area contributed by atoms with Gasteiger partial charge >= 0.3 is 5.97 Å². The molecule has 0 fully saturated rings. The van der Waals surface area contributed by atoms with Crippen LogP contribution in [-0.4, -0.2) is 36.0 Å². The highest BCUT2D eigenvalue weighted by Gasteiger charge is 2.07. The van der Waals surface area contributed by atoms with E-state index in [0.717, 1.165) is 5.56 Å². The Morgan fingerprint density at radius 3 is 2.58 bits per heavy atom. The number of thiophene rings is 1. The number of nitrogens with one attached hydrogen (secondary N) is 2. The first-order valence-electron chi connectivity index (χ1n) is 7.47. The van der Waals surface area contributed by atoms with Crippen molar-refractivity contribution < 1.29 is 19.5 Å². The summed E-state index contributed by atoms with van der Waals surface area (Å²) in [6.45, 7) is 0.692. The van der Waals surface area contributed by atoms with Gasteiger partial charge in [0.1, 0.15) is 0 Å². The summed E-state index contributed by atoms with van der Waals surface area (Å²) in [6, 6.07) is 10.1. The molecule has 3 N–H and O–H groups in total. The predicted octanol–water partition coefficient (Wildman–Crippen LogP) is 1.93. The predicted molar refractivity (Wildman–Crippen MR) is 91.4 cm³/mol. The number of carbonyl (C=O) groups is 3. The molecule has 0 bridgehead atoms. The molecule has 24 heavy (non-hydrogen) atoms. The van der Waals surface area contributed by atoms with E-state index in [2.05, 4.69) is 10.6 Å². The van der Waals surface area contributed by atoms with Crippen molar-refractivity contribution in [2.45, 2.75) is 12.8 Å². The topological polar surface area (TPSA) is 95.5 Å². The molecule has 7 heteroatoms. The molecule has 2 aromatic rings. The van der Waals surface area contributed by atoms with E-state index in [4.69, 9.17) is 5.11 Å². The monoisotopic (exact) mass is 346 g/mol. The lowest BCUT2D eigenvalue weighted by Gasteiger charge is -2.07. The molecular weight excluding hydrogens is 328 g/mol. The number of amides is 2. The zero-order valence-electron chi connectivity index (χ0n) is 13.0. The molecule has 0 spiro atoms. The number of carbonyl (C=O) groups excluding carboxylic acids is 2. The first kappa shape index (κ1) is 17.7. The summed E-state index contributed by atoms with van der Waals surface area (Å²) in [4.78, 5) is 34.9. The summed E-state index contributed by atoms with van der Waals surface area (Å²) in [5.74, 6) is -1.30. The smallest absolute Gasteiger partial charge is 0.335 e. The summed E-state index contributed by atoms with van der Waals surface area (Å²) in [5, 5.41) is 16.2. The van der Waals surface area contributed by atoms with Gasteiger partial charge in [-0.2, -0.15) is 0 Å². The number of rotatable bonds is 8. The van der Waals surface area contributed by atoms with Crippen molar-refractivity contribution in [1.29, 1.82) is 0 Å². The summed E-state index contributed by atoms with van der Waals surface area (Å²) >= 11 is 1.35. The van der Waals surface area contributed by atoms with Gasteiger partial charge in [0.25, 0.3) is 5.91 Å². The van der Waals surface area contributed by atoms with E-state index in [0.29, 0.717) is 17.8 Å². The minimum absolute atomic E-state index is 0.157. The van der Waals surface area contributed by atoms with E-state index < -0.39 is 5.97 Å². The van der Waals surface area contributed by atoms with Gasteiger partial charge in [0.15, 0.2) is 0 Å². The lowest BCUT2D eigenvalue weighted by molar-refractivity contribution is -0.120. The van der Waals surface area contributed by atoms with Crippen LogP contribution in [0, 0.1) is 0 Å². The third-order valence-electron chi connectivity index (χ3n) is 3.29. The molecule has 0 radical (unpaired) electrons. The molecule has 2 rings (SSSR count). The van der Waals surface area contributed by atoms with Crippen molar-refractivity contribution in [3.63, 3.8) is 0 Å². The molecule has 2 amide bonds. The maximum atomic E-state index is 11.7. The Kier molecular flexibility index (Phi) is 6.51. The maximum absolute atomic E-state index is 11.7. The summed E-state index contributed by atoms with van der Waals surface area (Å²) in [7, 11) is 0. The number of carboxylic acids is 1. The number of carboxylic acid groups (broad SMARTS) is 1. The van der Waals surface area contributed by atoms with Crippen molar-refractivity contribution in [3.8, 4) is 0 Å². The SMILES string of the molecule is O=C(CCNC(=O)c1cccs1)NCCc1cccc(C(=O)O)c1. The van der Waals surface area contributed by atoms with E-state index in [9.17, 15) is 14.4 Å². The van der Waals surface area contributed by atoms with E-state index in [1.54, 1.807) is 24.3 Å². The van der Waals surface area contributed by atoms with Crippen molar-refractivity contribution in [2.24, 2.45) is 0 Å². The summed E-state index contributed by atoms with van der Waals surface area (Å²) in [5.41, 5.74) is 1.08. The number of benzene rings is 1. The van der Waals surface area contributed by atoms with Crippen LogP contribution in [0.1, 0.15) is 32.0 Å². The number of hydrogen-bond donors (Lipinski definition) is 3. The third-order valence-corrected chi connectivity index (χ3v) is 4.16. The molecular formula is C17H18N2O4S. The molecule has 126 valence electrons. The fraction of sp³-hybridized carbons (Fsp3) is 0.235. The van der Waals surface area contributed by atoms with Crippen molar-refractivity contribution >= 4 is 29.1 Å². The average Bonchev–Trinajstić information content (AvgIpc) is 3.09. The van der Waals surface area contributed by atoms with Gasteiger partial charge in [-0.3, -0.25) is 9.59 Å². The van der Waals surface area contributed by atoms with Gasteiger partial charge in [-0.15, -0.1) is 11.3 Å². The molecule has 1 aromatic heterocycles. The summed E-state index contributed by atoms with van der Waals surface area (Å²) < 4.78 is 0. The first-order valence-corrected chi connectivity index (χ1v) is 8.35. The van der Waals surface area contributed by atoms with E-state index in [1.165, 1.54) is 17.4 Å². The molecule has 1 heterocycles. The van der Waals surface area contributed by atoms with Gasteiger partial charge < -0.3 is 15.7 Å². The van der Waals surface area contributed by atoms with E-state index in [1.807, 2.05) is 11.4 Å². The third kappa shape index (κ3) is 5.51. The quantitative estimate of drug-likeness (QED) is 0.680. The van der Waals surface area contributed by atoms with Gasteiger partial charge in [0, 0.05) is 19.5 Å². The Bertz CT molecular complexity index is 713. The second-order valence-electron chi connectivity index (χ2n) is 5.09. The lowest BCUT2D eigenvalue weighted by atomic mass is 10.1. The molecule has 6 nitrogen and oxygen atoms in total. The van der Waals surface area contributed by atoms with Gasteiger partial charge in [-0.05, 0) is 35.6 Å². The Morgan fingerprint density at radius 2 is 1.88 bits per heavy atom. The minimum Gasteiger partial charge on any atom is -0.478 e. The van der Waals surface area contributed by atoms with E-state index in [-0.39, 0.29) is 30.3 Å². The fourth-order valence-corrected chi connectivity index (χ4v) is 2.72. The zero-order valence-corrected chi connectivity index (χ0v) is 13.8. The van der Waals surface area contributed by atoms with Crippen LogP contribution in [0.25, 0.3) is 0 Å². The highest BCUT2D eigenvalue weighted by atomic mass is 32.1. The Balaban J connectivity index is 1.65. The molecule has 1 aromatic carbocycles. The van der Waals surface area contributed by atoms with Crippen molar-refractivity contribution in [2.75, 3.05) is 13.1 Å². The van der Waals surface area contributed by atoms with Crippen LogP contribution in [-0.2, 0) is 11.2 Å². The normalized spacial score (nSPS) is 10.2.